The molecular weight excluding hydrogens is 312 g/mol. The van der Waals surface area contributed by atoms with Crippen LogP contribution in [0.2, 0.25) is 5.02 Å². The SMILES string of the molecule is N#CC1NC=C(Br)C=C1CCc1cccc(Cl)c1. The van der Waals surface area contributed by atoms with E-state index in [1.54, 1.807) is 6.20 Å². The Morgan fingerprint density at radius 1 is 1.39 bits per heavy atom. The van der Waals surface area contributed by atoms with Crippen molar-refractivity contribution in [1.82, 2.24) is 5.32 Å². The van der Waals surface area contributed by atoms with Crippen molar-refractivity contribution in [2.75, 3.05) is 0 Å². The molecule has 1 aromatic rings. The second kappa shape index (κ2) is 6.08. The van der Waals surface area contributed by atoms with E-state index in [1.165, 1.54) is 5.56 Å². The monoisotopic (exact) mass is 322 g/mol. The van der Waals surface area contributed by atoms with Gasteiger partial charge in [-0.1, -0.05) is 23.7 Å². The predicted molar refractivity (Wildman–Crippen MR) is 77.4 cm³/mol. The van der Waals surface area contributed by atoms with E-state index >= 15 is 0 Å². The summed E-state index contributed by atoms with van der Waals surface area (Å²) in [5.41, 5.74) is 2.28. The Bertz CT molecular complexity index is 543. The van der Waals surface area contributed by atoms with Crippen molar-refractivity contribution >= 4 is 27.5 Å². The summed E-state index contributed by atoms with van der Waals surface area (Å²) in [5, 5.41) is 12.9. The van der Waals surface area contributed by atoms with Gasteiger partial charge in [-0.2, -0.15) is 5.26 Å². The van der Waals surface area contributed by atoms with Crippen LogP contribution in [-0.4, -0.2) is 6.04 Å². The van der Waals surface area contributed by atoms with Gasteiger partial charge in [0.2, 0.25) is 0 Å². The lowest BCUT2D eigenvalue weighted by Crippen LogP contribution is -2.27. The van der Waals surface area contributed by atoms with Gasteiger partial charge in [0.1, 0.15) is 6.04 Å². The van der Waals surface area contributed by atoms with Crippen LogP contribution in [0.5, 0.6) is 0 Å². The first kappa shape index (κ1) is 13.2. The van der Waals surface area contributed by atoms with Crippen molar-refractivity contribution in [3.63, 3.8) is 0 Å². The Morgan fingerprint density at radius 3 is 2.94 bits per heavy atom. The summed E-state index contributed by atoms with van der Waals surface area (Å²) >= 11 is 9.36. The normalized spacial score (nSPS) is 18.4. The van der Waals surface area contributed by atoms with Crippen LogP contribution >= 0.6 is 27.5 Å². The molecule has 0 radical (unpaired) electrons. The van der Waals surface area contributed by atoms with Gasteiger partial charge in [0.05, 0.1) is 6.07 Å². The van der Waals surface area contributed by atoms with E-state index in [-0.39, 0.29) is 6.04 Å². The third-order valence-corrected chi connectivity index (χ3v) is 3.50. The van der Waals surface area contributed by atoms with E-state index in [2.05, 4.69) is 33.4 Å². The van der Waals surface area contributed by atoms with Gasteiger partial charge in [-0.15, -0.1) is 0 Å². The average Bonchev–Trinajstić information content (AvgIpc) is 2.37. The number of nitrogens with one attached hydrogen (secondary N) is 1. The molecule has 2 rings (SSSR count). The largest absolute Gasteiger partial charge is 0.372 e. The van der Waals surface area contributed by atoms with Crippen molar-refractivity contribution in [3.05, 3.63) is 57.2 Å². The molecule has 0 aromatic heterocycles. The number of allylic oxidation sites excluding steroid dienone is 2. The van der Waals surface area contributed by atoms with Gasteiger partial charge in [0.25, 0.3) is 0 Å². The lowest BCUT2D eigenvalue weighted by Gasteiger charge is -2.18. The first-order valence-electron chi connectivity index (χ1n) is 5.65. The zero-order valence-corrected chi connectivity index (χ0v) is 12.0. The highest BCUT2D eigenvalue weighted by Gasteiger charge is 2.15. The zero-order chi connectivity index (χ0) is 13.0. The van der Waals surface area contributed by atoms with Crippen LogP contribution in [0.25, 0.3) is 0 Å². The van der Waals surface area contributed by atoms with E-state index in [0.717, 1.165) is 27.9 Å². The second-order valence-corrected chi connectivity index (χ2v) is 5.46. The van der Waals surface area contributed by atoms with Gasteiger partial charge >= 0.3 is 0 Å². The molecule has 2 nitrogen and oxygen atoms in total. The first-order chi connectivity index (χ1) is 8.69. The third kappa shape index (κ3) is 3.38. The molecule has 4 heteroatoms. The lowest BCUT2D eigenvalue weighted by atomic mass is 9.98. The van der Waals surface area contributed by atoms with Crippen LogP contribution < -0.4 is 5.32 Å². The maximum Gasteiger partial charge on any atom is 0.136 e. The van der Waals surface area contributed by atoms with E-state index < -0.39 is 0 Å². The fraction of sp³-hybridized carbons (Fsp3) is 0.214. The number of halogens is 2. The summed E-state index contributed by atoms with van der Waals surface area (Å²) in [6.45, 7) is 0. The number of benzene rings is 1. The molecule has 1 aliphatic heterocycles. The summed E-state index contributed by atoms with van der Waals surface area (Å²) in [4.78, 5) is 0. The summed E-state index contributed by atoms with van der Waals surface area (Å²) in [6, 6.07) is 9.85. The van der Waals surface area contributed by atoms with Crippen molar-refractivity contribution in [1.29, 1.82) is 5.26 Å². The standard InChI is InChI=1S/C14H12BrClN2/c15-12-7-11(14(8-17)18-9-12)5-4-10-2-1-3-13(16)6-10/h1-3,6-7,9,14,18H,4-5H2. The Hall–Kier alpha value is -1.24. The molecule has 0 aliphatic carbocycles. The van der Waals surface area contributed by atoms with Crippen LogP contribution in [0.4, 0.5) is 0 Å². The molecule has 1 aromatic carbocycles. The van der Waals surface area contributed by atoms with Crippen molar-refractivity contribution in [2.24, 2.45) is 0 Å². The third-order valence-electron chi connectivity index (χ3n) is 2.80. The number of dihydropyridines is 1. The minimum Gasteiger partial charge on any atom is -0.372 e. The van der Waals surface area contributed by atoms with E-state index in [0.29, 0.717) is 0 Å². The molecule has 1 N–H and O–H groups in total. The highest BCUT2D eigenvalue weighted by molar-refractivity contribution is 9.11. The smallest absolute Gasteiger partial charge is 0.136 e. The molecule has 1 atom stereocenters. The number of rotatable bonds is 3. The summed E-state index contributed by atoms with van der Waals surface area (Å²) in [6.07, 6.45) is 5.53. The van der Waals surface area contributed by atoms with Crippen LogP contribution in [0.1, 0.15) is 12.0 Å². The second-order valence-electron chi connectivity index (χ2n) is 4.11. The number of hydrogen-bond donors (Lipinski definition) is 1. The van der Waals surface area contributed by atoms with E-state index in [1.807, 2.05) is 24.3 Å². The molecule has 1 aliphatic rings. The van der Waals surface area contributed by atoms with Gasteiger partial charge in [-0.05, 0) is 58.1 Å². The fourth-order valence-corrected chi connectivity index (χ4v) is 2.53. The molecule has 0 bridgehead atoms. The minimum absolute atomic E-state index is 0.231. The maximum absolute atomic E-state index is 9.07. The number of nitriles is 1. The molecule has 0 saturated carbocycles. The molecule has 0 amide bonds. The topological polar surface area (TPSA) is 35.8 Å². The number of hydrogen-bond acceptors (Lipinski definition) is 2. The minimum atomic E-state index is -0.231. The summed E-state index contributed by atoms with van der Waals surface area (Å²) in [7, 11) is 0. The average molecular weight is 324 g/mol. The van der Waals surface area contributed by atoms with Crippen LogP contribution in [0, 0.1) is 11.3 Å². The van der Waals surface area contributed by atoms with Crippen molar-refractivity contribution in [2.45, 2.75) is 18.9 Å². The molecule has 0 spiro atoms. The van der Waals surface area contributed by atoms with E-state index in [9.17, 15) is 0 Å². The highest BCUT2D eigenvalue weighted by atomic mass is 79.9. The summed E-state index contributed by atoms with van der Waals surface area (Å²) in [5.74, 6) is 0. The van der Waals surface area contributed by atoms with Gasteiger partial charge in [0.15, 0.2) is 0 Å². The van der Waals surface area contributed by atoms with Crippen LogP contribution in [-0.2, 0) is 6.42 Å². The maximum atomic E-state index is 9.07. The van der Waals surface area contributed by atoms with Crippen LogP contribution in [0.15, 0.2) is 46.6 Å². The quantitative estimate of drug-likeness (QED) is 0.915. The zero-order valence-electron chi connectivity index (χ0n) is 9.66. The predicted octanol–water partition coefficient (Wildman–Crippen LogP) is 3.93. The molecule has 18 heavy (non-hydrogen) atoms. The molecule has 0 fully saturated rings. The molecule has 92 valence electrons. The van der Waals surface area contributed by atoms with Gasteiger partial charge in [-0.25, -0.2) is 0 Å². The number of aryl methyl sites for hydroxylation is 1. The highest BCUT2D eigenvalue weighted by Crippen LogP contribution is 2.22. The Morgan fingerprint density at radius 2 is 2.22 bits per heavy atom. The molecule has 1 heterocycles. The molecule has 0 saturated heterocycles. The van der Waals surface area contributed by atoms with Gasteiger partial charge < -0.3 is 5.32 Å². The lowest BCUT2D eigenvalue weighted by molar-refractivity contribution is 0.738. The fourth-order valence-electron chi connectivity index (χ4n) is 1.89. The molecular formula is C14H12BrClN2. The van der Waals surface area contributed by atoms with E-state index in [4.69, 9.17) is 16.9 Å². The van der Waals surface area contributed by atoms with Crippen molar-refractivity contribution in [3.8, 4) is 6.07 Å². The summed E-state index contributed by atoms with van der Waals surface area (Å²) < 4.78 is 0.968. The Labute approximate surface area is 120 Å². The number of nitrogens with zero attached hydrogens (tertiary/aromatic N) is 1. The Balaban J connectivity index is 2.05. The first-order valence-corrected chi connectivity index (χ1v) is 6.82. The van der Waals surface area contributed by atoms with Gasteiger partial charge in [0, 0.05) is 15.7 Å². The van der Waals surface area contributed by atoms with Gasteiger partial charge in [-0.3, -0.25) is 0 Å². The van der Waals surface area contributed by atoms with Crippen LogP contribution in [0.3, 0.4) is 0 Å². The van der Waals surface area contributed by atoms with Crippen molar-refractivity contribution < 1.29 is 0 Å². The Kier molecular flexibility index (Phi) is 4.46. The molecule has 1 unspecified atom stereocenters.